The van der Waals surface area contributed by atoms with Crippen LogP contribution in [-0.2, 0) is 20.0 Å². The summed E-state index contributed by atoms with van der Waals surface area (Å²) < 4.78 is 16.4. The van der Waals surface area contributed by atoms with Gasteiger partial charge < -0.3 is 4.90 Å². The molecule has 1 saturated heterocycles. The molecule has 0 spiro atoms. The average molecular weight is 415 g/mol. The van der Waals surface area contributed by atoms with Crippen LogP contribution in [0, 0.1) is 24.6 Å². The summed E-state index contributed by atoms with van der Waals surface area (Å²) in [6.07, 6.45) is 6.52. The third-order valence-corrected chi connectivity index (χ3v) is 6.69. The highest BCUT2D eigenvalue weighted by atomic mass is 19.1. The van der Waals surface area contributed by atoms with Crippen LogP contribution in [0.3, 0.4) is 0 Å². The number of rotatable bonds is 9. The molecule has 1 aromatic carbocycles. The summed E-state index contributed by atoms with van der Waals surface area (Å²) in [5.41, 5.74) is 3.17. The van der Waals surface area contributed by atoms with Crippen LogP contribution < -0.4 is 0 Å². The molecule has 0 amide bonds. The number of aryl methyl sites for hydroxylation is 2. The Balaban J connectivity index is 1.71. The topological polar surface area (TPSA) is 24.3 Å². The molecule has 1 fully saturated rings. The lowest BCUT2D eigenvalue weighted by Gasteiger charge is -2.40. The molecule has 3 rings (SSSR count). The zero-order chi connectivity index (χ0) is 21.7. The molecule has 30 heavy (non-hydrogen) atoms. The largest absolute Gasteiger partial charge is 0.303 e. The second-order valence-corrected chi connectivity index (χ2v) is 9.55. The van der Waals surface area contributed by atoms with Gasteiger partial charge in [0.25, 0.3) is 0 Å². The Morgan fingerprint density at radius 3 is 2.47 bits per heavy atom. The Kier molecular flexibility index (Phi) is 8.06. The molecule has 4 nitrogen and oxygen atoms in total. The van der Waals surface area contributed by atoms with Gasteiger partial charge in [0.1, 0.15) is 5.82 Å². The van der Waals surface area contributed by atoms with Crippen molar-refractivity contribution in [2.24, 2.45) is 18.9 Å². The smallest absolute Gasteiger partial charge is 0.126 e. The van der Waals surface area contributed by atoms with Crippen molar-refractivity contribution >= 4 is 0 Å². The number of piperidine rings is 1. The first kappa shape index (κ1) is 23.0. The van der Waals surface area contributed by atoms with Gasteiger partial charge in [0, 0.05) is 31.4 Å². The summed E-state index contributed by atoms with van der Waals surface area (Å²) in [7, 11) is 4.17. The quantitative estimate of drug-likeness (QED) is 0.596. The number of aromatic nitrogens is 2. The highest BCUT2D eigenvalue weighted by Gasteiger charge is 2.30. The van der Waals surface area contributed by atoms with E-state index < -0.39 is 0 Å². The average Bonchev–Trinajstić information content (AvgIpc) is 3.02. The Bertz CT molecular complexity index is 792. The van der Waals surface area contributed by atoms with Gasteiger partial charge >= 0.3 is 0 Å². The molecule has 1 aliphatic rings. The summed E-state index contributed by atoms with van der Waals surface area (Å²) in [4.78, 5) is 5.05. The maximum Gasteiger partial charge on any atom is 0.126 e. The number of likely N-dealkylation sites (N-methyl/N-ethyl adjacent to an activating group) is 1. The lowest BCUT2D eigenvalue weighted by atomic mass is 9.84. The number of hydrogen-bond donors (Lipinski definition) is 0. The number of nitrogens with zero attached hydrogens (tertiary/aromatic N) is 4. The van der Waals surface area contributed by atoms with E-state index in [-0.39, 0.29) is 5.82 Å². The van der Waals surface area contributed by atoms with E-state index >= 15 is 0 Å². The molecule has 1 atom stereocenters. The van der Waals surface area contributed by atoms with E-state index in [0.29, 0.717) is 12.0 Å². The number of likely N-dealkylation sites (tertiary alicyclic amines) is 1. The molecule has 166 valence electrons. The highest BCUT2D eigenvalue weighted by Crippen LogP contribution is 2.28. The Hall–Kier alpha value is -1.72. The van der Waals surface area contributed by atoms with Crippen molar-refractivity contribution in [2.75, 3.05) is 26.7 Å². The van der Waals surface area contributed by atoms with Crippen LogP contribution in [0.15, 0.2) is 30.5 Å². The Morgan fingerprint density at radius 1 is 1.17 bits per heavy atom. The third kappa shape index (κ3) is 6.14. The van der Waals surface area contributed by atoms with Gasteiger partial charge in [0.05, 0.1) is 5.69 Å². The van der Waals surface area contributed by atoms with Crippen LogP contribution in [0.5, 0.6) is 0 Å². The first-order valence-electron chi connectivity index (χ1n) is 11.5. The van der Waals surface area contributed by atoms with E-state index in [1.54, 1.807) is 12.1 Å². The zero-order valence-electron chi connectivity index (χ0n) is 19.4. The van der Waals surface area contributed by atoms with Crippen molar-refractivity contribution in [3.8, 4) is 0 Å². The SMILES string of the molecule is Cc1nn(C)cc1CN(C)[C@@H](Cc1ccccc1F)C1CCN(CCC(C)C)CC1. The monoisotopic (exact) mass is 414 g/mol. The summed E-state index contributed by atoms with van der Waals surface area (Å²) in [6, 6.07) is 7.60. The van der Waals surface area contributed by atoms with Crippen molar-refractivity contribution in [1.82, 2.24) is 19.6 Å². The number of hydrogen-bond acceptors (Lipinski definition) is 3. The minimum atomic E-state index is -0.0807. The van der Waals surface area contributed by atoms with Crippen molar-refractivity contribution < 1.29 is 4.39 Å². The lowest BCUT2D eigenvalue weighted by molar-refractivity contribution is 0.0958. The van der Waals surface area contributed by atoms with Crippen LogP contribution >= 0.6 is 0 Å². The fourth-order valence-corrected chi connectivity index (χ4v) is 4.76. The molecule has 0 bridgehead atoms. The number of benzene rings is 1. The van der Waals surface area contributed by atoms with E-state index in [1.165, 1.54) is 31.4 Å². The minimum absolute atomic E-state index is 0.0807. The van der Waals surface area contributed by atoms with Gasteiger partial charge in [0.2, 0.25) is 0 Å². The molecule has 2 heterocycles. The zero-order valence-corrected chi connectivity index (χ0v) is 19.4. The maximum atomic E-state index is 14.5. The van der Waals surface area contributed by atoms with E-state index in [0.717, 1.165) is 43.2 Å². The molecule has 0 aliphatic carbocycles. The van der Waals surface area contributed by atoms with Crippen molar-refractivity contribution in [3.05, 3.63) is 53.1 Å². The van der Waals surface area contributed by atoms with Crippen molar-refractivity contribution in [1.29, 1.82) is 0 Å². The van der Waals surface area contributed by atoms with Crippen molar-refractivity contribution in [2.45, 2.75) is 59.0 Å². The molecule has 0 saturated carbocycles. The Morgan fingerprint density at radius 2 is 1.87 bits per heavy atom. The van der Waals surface area contributed by atoms with Gasteiger partial charge in [-0.3, -0.25) is 9.58 Å². The molecular weight excluding hydrogens is 375 g/mol. The molecular formula is C25H39FN4. The van der Waals surface area contributed by atoms with Crippen LogP contribution in [0.4, 0.5) is 4.39 Å². The minimum Gasteiger partial charge on any atom is -0.303 e. The van der Waals surface area contributed by atoms with Crippen LogP contribution in [0.25, 0.3) is 0 Å². The van der Waals surface area contributed by atoms with Gasteiger partial charge in [-0.1, -0.05) is 32.0 Å². The first-order chi connectivity index (χ1) is 14.3. The van der Waals surface area contributed by atoms with E-state index in [4.69, 9.17) is 0 Å². The van der Waals surface area contributed by atoms with Gasteiger partial charge in [0.15, 0.2) is 0 Å². The van der Waals surface area contributed by atoms with E-state index in [1.807, 2.05) is 23.9 Å². The molecule has 1 aliphatic heterocycles. The predicted molar refractivity (Wildman–Crippen MR) is 122 cm³/mol. The molecule has 2 aromatic rings. The predicted octanol–water partition coefficient (Wildman–Crippen LogP) is 4.67. The van der Waals surface area contributed by atoms with Crippen molar-refractivity contribution in [3.63, 3.8) is 0 Å². The Labute approximate surface area is 182 Å². The second-order valence-electron chi connectivity index (χ2n) is 9.55. The van der Waals surface area contributed by atoms with Gasteiger partial charge in [-0.2, -0.15) is 5.10 Å². The summed E-state index contributed by atoms with van der Waals surface area (Å²) in [5, 5.41) is 4.50. The van der Waals surface area contributed by atoms with E-state index in [2.05, 4.69) is 48.9 Å². The number of halogens is 1. The molecule has 0 N–H and O–H groups in total. The van der Waals surface area contributed by atoms with Crippen LogP contribution in [0.1, 0.15) is 49.9 Å². The summed E-state index contributed by atoms with van der Waals surface area (Å²) in [6.45, 7) is 11.0. The van der Waals surface area contributed by atoms with Crippen LogP contribution in [-0.4, -0.2) is 52.3 Å². The summed E-state index contributed by atoms with van der Waals surface area (Å²) in [5.74, 6) is 1.26. The standard InChI is InChI=1S/C25H39FN4/c1-19(2)10-13-30-14-11-21(12-15-30)25(16-22-8-6-7-9-24(22)26)28(4)17-23-18-29(5)27-20(23)3/h6-9,18-19,21,25H,10-17H2,1-5H3/t25-/m0/s1. The van der Waals surface area contributed by atoms with Crippen LogP contribution in [0.2, 0.25) is 0 Å². The van der Waals surface area contributed by atoms with Gasteiger partial charge in [-0.15, -0.1) is 0 Å². The highest BCUT2D eigenvalue weighted by molar-refractivity contribution is 5.20. The maximum absolute atomic E-state index is 14.5. The normalized spacial score (nSPS) is 17.2. The van der Waals surface area contributed by atoms with Gasteiger partial charge in [-0.25, -0.2) is 4.39 Å². The first-order valence-corrected chi connectivity index (χ1v) is 11.5. The van der Waals surface area contributed by atoms with Gasteiger partial charge in [-0.05, 0) is 82.8 Å². The molecule has 5 heteroatoms. The second kappa shape index (κ2) is 10.5. The fraction of sp³-hybridized carbons (Fsp3) is 0.640. The lowest BCUT2D eigenvalue weighted by Crippen LogP contribution is -2.45. The molecule has 1 aromatic heterocycles. The fourth-order valence-electron chi connectivity index (χ4n) is 4.76. The third-order valence-electron chi connectivity index (χ3n) is 6.69. The molecule has 0 unspecified atom stereocenters. The molecule has 0 radical (unpaired) electrons. The van der Waals surface area contributed by atoms with E-state index in [9.17, 15) is 4.39 Å². The summed E-state index contributed by atoms with van der Waals surface area (Å²) >= 11 is 0.